The minimum absolute atomic E-state index is 0.415. The van der Waals surface area contributed by atoms with E-state index in [1.807, 2.05) is 0 Å². The van der Waals surface area contributed by atoms with Crippen molar-refractivity contribution in [1.82, 2.24) is 0 Å². The van der Waals surface area contributed by atoms with Gasteiger partial charge in [0.15, 0.2) is 0 Å². The quantitative estimate of drug-likeness (QED) is 0.684. The van der Waals surface area contributed by atoms with Crippen LogP contribution in [0.5, 0.6) is 0 Å². The lowest BCUT2D eigenvalue weighted by Gasteiger charge is -2.45. The molecule has 1 unspecified atom stereocenters. The summed E-state index contributed by atoms with van der Waals surface area (Å²) >= 11 is 0. The molecule has 1 atom stereocenters. The summed E-state index contributed by atoms with van der Waals surface area (Å²) < 4.78 is 0. The van der Waals surface area contributed by atoms with Crippen molar-refractivity contribution in [3.63, 3.8) is 0 Å². The van der Waals surface area contributed by atoms with Gasteiger partial charge in [0.05, 0.1) is 0 Å². The Labute approximate surface area is 105 Å². The molecular formula is C16H23N. The molecule has 1 aliphatic carbocycles. The maximum Gasteiger partial charge on any atom is 0.0382 e. The minimum atomic E-state index is 0.415. The van der Waals surface area contributed by atoms with Crippen molar-refractivity contribution in [2.45, 2.75) is 63.8 Å². The fourth-order valence-corrected chi connectivity index (χ4v) is 4.03. The Balaban J connectivity index is 1.97. The number of anilines is 1. The van der Waals surface area contributed by atoms with Gasteiger partial charge >= 0.3 is 0 Å². The fraction of sp³-hybridized carbons (Fsp3) is 0.625. The molecule has 17 heavy (non-hydrogen) atoms. The van der Waals surface area contributed by atoms with E-state index >= 15 is 0 Å². The maximum atomic E-state index is 3.88. The van der Waals surface area contributed by atoms with Gasteiger partial charge in [-0.15, -0.1) is 0 Å². The van der Waals surface area contributed by atoms with E-state index in [2.05, 4.69) is 37.4 Å². The second kappa shape index (κ2) is 4.04. The monoisotopic (exact) mass is 229 g/mol. The predicted molar refractivity (Wildman–Crippen MR) is 73.6 cm³/mol. The van der Waals surface area contributed by atoms with Crippen LogP contribution in [0.3, 0.4) is 0 Å². The summed E-state index contributed by atoms with van der Waals surface area (Å²) in [5.41, 5.74) is 4.83. The molecule has 1 saturated carbocycles. The highest BCUT2D eigenvalue weighted by Crippen LogP contribution is 2.46. The molecule has 1 aromatic carbocycles. The van der Waals surface area contributed by atoms with Gasteiger partial charge in [0.1, 0.15) is 0 Å². The third-order valence-corrected chi connectivity index (χ3v) is 4.72. The van der Waals surface area contributed by atoms with Gasteiger partial charge in [-0.25, -0.2) is 0 Å². The van der Waals surface area contributed by atoms with Crippen molar-refractivity contribution in [3.8, 4) is 0 Å². The standard InChI is InChI=1S/C16H23N/c1-12-7-6-8-14-15(12)13(2)11-16(17-14)9-4-3-5-10-16/h6-8,13,17H,3-5,9-11H2,1-2H3. The molecule has 1 fully saturated rings. The second-order valence-electron chi connectivity index (χ2n) is 6.11. The number of aryl methyl sites for hydroxylation is 1. The predicted octanol–water partition coefficient (Wildman–Crippen LogP) is 4.62. The molecule has 0 radical (unpaired) electrons. The van der Waals surface area contributed by atoms with Crippen LogP contribution in [0.2, 0.25) is 0 Å². The number of benzene rings is 1. The summed E-state index contributed by atoms with van der Waals surface area (Å²) in [5, 5.41) is 3.88. The molecular weight excluding hydrogens is 206 g/mol. The molecule has 1 N–H and O–H groups in total. The minimum Gasteiger partial charge on any atom is -0.379 e. The second-order valence-corrected chi connectivity index (χ2v) is 6.11. The van der Waals surface area contributed by atoms with E-state index in [9.17, 15) is 0 Å². The average Bonchev–Trinajstić information content (AvgIpc) is 2.29. The smallest absolute Gasteiger partial charge is 0.0382 e. The van der Waals surface area contributed by atoms with E-state index in [0.29, 0.717) is 11.5 Å². The van der Waals surface area contributed by atoms with Crippen LogP contribution in [0.1, 0.15) is 62.5 Å². The van der Waals surface area contributed by atoms with Crippen LogP contribution >= 0.6 is 0 Å². The zero-order valence-corrected chi connectivity index (χ0v) is 11.1. The summed E-state index contributed by atoms with van der Waals surface area (Å²) in [4.78, 5) is 0. The number of hydrogen-bond acceptors (Lipinski definition) is 1. The van der Waals surface area contributed by atoms with Gasteiger partial charge in [-0.05, 0) is 49.3 Å². The van der Waals surface area contributed by atoms with Gasteiger partial charge in [-0.3, -0.25) is 0 Å². The third-order valence-electron chi connectivity index (χ3n) is 4.72. The number of rotatable bonds is 0. The highest BCUT2D eigenvalue weighted by molar-refractivity contribution is 5.60. The van der Waals surface area contributed by atoms with E-state index in [0.717, 1.165) is 0 Å². The Morgan fingerprint density at radius 1 is 1.18 bits per heavy atom. The number of fused-ring (bicyclic) bond motifs is 1. The third kappa shape index (κ3) is 1.86. The summed E-state index contributed by atoms with van der Waals surface area (Å²) in [7, 11) is 0. The van der Waals surface area contributed by atoms with Crippen LogP contribution in [0.4, 0.5) is 5.69 Å². The van der Waals surface area contributed by atoms with Crippen molar-refractivity contribution in [2.24, 2.45) is 0 Å². The van der Waals surface area contributed by atoms with Crippen molar-refractivity contribution in [2.75, 3.05) is 5.32 Å². The highest BCUT2D eigenvalue weighted by Gasteiger charge is 2.38. The van der Waals surface area contributed by atoms with Gasteiger partial charge in [-0.1, -0.05) is 38.3 Å². The lowest BCUT2D eigenvalue weighted by molar-refractivity contribution is 0.281. The van der Waals surface area contributed by atoms with Crippen molar-refractivity contribution >= 4 is 5.69 Å². The molecule has 0 aromatic heterocycles. The zero-order chi connectivity index (χ0) is 11.9. The van der Waals surface area contributed by atoms with Gasteiger partial charge in [0.2, 0.25) is 0 Å². The van der Waals surface area contributed by atoms with Crippen molar-refractivity contribution in [3.05, 3.63) is 29.3 Å². The maximum absolute atomic E-state index is 3.88. The Bertz CT molecular complexity index is 416. The van der Waals surface area contributed by atoms with Crippen molar-refractivity contribution < 1.29 is 0 Å². The summed E-state index contributed by atoms with van der Waals surface area (Å²) in [6, 6.07) is 6.71. The molecule has 3 rings (SSSR count). The van der Waals surface area contributed by atoms with E-state index in [1.165, 1.54) is 49.8 Å². The zero-order valence-electron chi connectivity index (χ0n) is 11.1. The largest absolute Gasteiger partial charge is 0.379 e. The van der Waals surface area contributed by atoms with Gasteiger partial charge in [0.25, 0.3) is 0 Å². The molecule has 2 aliphatic rings. The first-order valence-corrected chi connectivity index (χ1v) is 7.08. The topological polar surface area (TPSA) is 12.0 Å². The lowest BCUT2D eigenvalue weighted by atomic mass is 9.71. The van der Waals surface area contributed by atoms with Crippen LogP contribution in [-0.2, 0) is 0 Å². The van der Waals surface area contributed by atoms with Gasteiger partial charge in [-0.2, -0.15) is 0 Å². The first-order chi connectivity index (χ1) is 8.20. The number of hydrogen-bond donors (Lipinski definition) is 1. The van der Waals surface area contributed by atoms with Crippen LogP contribution in [0, 0.1) is 6.92 Å². The summed E-state index contributed by atoms with van der Waals surface area (Å²) in [5.74, 6) is 0.713. The Morgan fingerprint density at radius 2 is 1.94 bits per heavy atom. The molecule has 1 heteroatoms. The Hall–Kier alpha value is -0.980. The molecule has 1 aliphatic heterocycles. The summed E-state index contributed by atoms with van der Waals surface area (Å²) in [6.07, 6.45) is 8.29. The normalized spacial score (nSPS) is 26.4. The molecule has 1 heterocycles. The summed E-state index contributed by atoms with van der Waals surface area (Å²) in [6.45, 7) is 4.65. The fourth-order valence-electron chi connectivity index (χ4n) is 4.03. The number of nitrogens with one attached hydrogen (secondary N) is 1. The van der Waals surface area contributed by atoms with E-state index in [-0.39, 0.29) is 0 Å². The molecule has 1 nitrogen and oxygen atoms in total. The first kappa shape index (κ1) is 11.1. The lowest BCUT2D eigenvalue weighted by Crippen LogP contribution is -2.44. The molecule has 1 aromatic rings. The molecule has 92 valence electrons. The van der Waals surface area contributed by atoms with Crippen LogP contribution in [0.25, 0.3) is 0 Å². The molecule has 1 spiro atoms. The SMILES string of the molecule is Cc1cccc2c1C(C)CC1(CCCCC1)N2. The van der Waals surface area contributed by atoms with Gasteiger partial charge in [0, 0.05) is 11.2 Å². The molecule has 0 bridgehead atoms. The van der Waals surface area contributed by atoms with E-state index < -0.39 is 0 Å². The molecule has 0 amide bonds. The van der Waals surface area contributed by atoms with Gasteiger partial charge < -0.3 is 5.32 Å². The first-order valence-electron chi connectivity index (χ1n) is 7.08. The van der Waals surface area contributed by atoms with Crippen molar-refractivity contribution in [1.29, 1.82) is 0 Å². The average molecular weight is 229 g/mol. The highest BCUT2D eigenvalue weighted by atomic mass is 15.0. The van der Waals surface area contributed by atoms with E-state index in [4.69, 9.17) is 0 Å². The van der Waals surface area contributed by atoms with Crippen LogP contribution in [0.15, 0.2) is 18.2 Å². The van der Waals surface area contributed by atoms with Crippen LogP contribution in [-0.4, -0.2) is 5.54 Å². The Morgan fingerprint density at radius 3 is 2.71 bits per heavy atom. The molecule has 0 saturated heterocycles. The van der Waals surface area contributed by atoms with Crippen LogP contribution < -0.4 is 5.32 Å². The Kier molecular flexibility index (Phi) is 2.65. The van der Waals surface area contributed by atoms with E-state index in [1.54, 1.807) is 5.56 Å².